The number of benzene rings is 5. The molecule has 5 heteroatoms. The maximum atomic E-state index is 5.21. The zero-order valence-corrected chi connectivity index (χ0v) is 25.5. The van der Waals surface area contributed by atoms with Crippen molar-refractivity contribution in [3.05, 3.63) is 151 Å². The molecule has 0 radical (unpaired) electrons. The molecular weight excluding hydrogens is 562 g/mol. The molecule has 218 valence electrons. The molecule has 0 amide bonds. The summed E-state index contributed by atoms with van der Waals surface area (Å²) >= 11 is 0. The topological polar surface area (TPSA) is 56.5 Å². The van der Waals surface area contributed by atoms with E-state index in [4.69, 9.17) is 19.9 Å². The fraction of sp³-hybridized carbons (Fsp3) is 0.0732. The molecule has 0 bridgehead atoms. The van der Waals surface area contributed by atoms with E-state index in [9.17, 15) is 0 Å². The molecule has 0 saturated heterocycles. The van der Waals surface area contributed by atoms with Gasteiger partial charge in [0.25, 0.3) is 0 Å². The van der Waals surface area contributed by atoms with Gasteiger partial charge in [0.2, 0.25) is 0 Å². The Bertz CT molecular complexity index is 2370. The van der Waals surface area contributed by atoms with Crippen molar-refractivity contribution in [3.8, 4) is 51.1 Å². The second kappa shape index (κ2) is 10.0. The van der Waals surface area contributed by atoms with Crippen LogP contribution in [0.3, 0.4) is 0 Å². The van der Waals surface area contributed by atoms with Gasteiger partial charge in [-0.2, -0.15) is 0 Å². The van der Waals surface area contributed by atoms with Crippen molar-refractivity contribution in [2.45, 2.75) is 19.3 Å². The number of nitrogens with zero attached hydrogens (tertiary/aromatic N) is 5. The minimum absolute atomic E-state index is 0.304. The summed E-state index contributed by atoms with van der Waals surface area (Å²) in [6, 6.07) is 46.4. The number of pyridine rings is 1. The predicted molar refractivity (Wildman–Crippen MR) is 186 cm³/mol. The SMILES string of the molecule is CC1(C)c2cc(-c3nc(-c4ccccc4)nc(-c4ccccc4)n3)cnc2-n2c3cc(-c4ccccc4)ccc3c3cccc1c32. The highest BCUT2D eigenvalue weighted by Crippen LogP contribution is 2.48. The second-order valence-corrected chi connectivity index (χ2v) is 12.4. The van der Waals surface area contributed by atoms with Crippen molar-refractivity contribution in [2.75, 3.05) is 0 Å². The zero-order valence-electron chi connectivity index (χ0n) is 25.5. The molecule has 0 atom stereocenters. The van der Waals surface area contributed by atoms with E-state index in [1.807, 2.05) is 66.9 Å². The smallest absolute Gasteiger partial charge is 0.165 e. The van der Waals surface area contributed by atoms with Gasteiger partial charge < -0.3 is 0 Å². The van der Waals surface area contributed by atoms with Crippen LogP contribution in [0.15, 0.2) is 140 Å². The lowest BCUT2D eigenvalue weighted by atomic mass is 9.75. The molecule has 0 fully saturated rings. The van der Waals surface area contributed by atoms with Crippen LogP contribution in [0.5, 0.6) is 0 Å². The van der Waals surface area contributed by atoms with Gasteiger partial charge in [-0.15, -0.1) is 0 Å². The molecule has 9 rings (SSSR count). The summed E-state index contributed by atoms with van der Waals surface area (Å²) in [7, 11) is 0. The molecule has 0 saturated carbocycles. The summed E-state index contributed by atoms with van der Waals surface area (Å²) in [5.74, 6) is 2.82. The van der Waals surface area contributed by atoms with Gasteiger partial charge in [-0.1, -0.05) is 135 Å². The summed E-state index contributed by atoms with van der Waals surface area (Å²) in [4.78, 5) is 20.1. The normalized spacial score (nSPS) is 13.2. The number of fused-ring (bicyclic) bond motifs is 5. The van der Waals surface area contributed by atoms with Gasteiger partial charge in [0.15, 0.2) is 17.5 Å². The highest BCUT2D eigenvalue weighted by Gasteiger charge is 2.36. The minimum Gasteiger partial charge on any atom is -0.293 e. The van der Waals surface area contributed by atoms with Crippen LogP contribution in [0.1, 0.15) is 25.0 Å². The van der Waals surface area contributed by atoms with Crippen molar-refractivity contribution >= 4 is 21.8 Å². The van der Waals surface area contributed by atoms with Crippen LogP contribution in [-0.4, -0.2) is 24.5 Å². The fourth-order valence-corrected chi connectivity index (χ4v) is 6.90. The highest BCUT2D eigenvalue weighted by atomic mass is 15.1. The van der Waals surface area contributed by atoms with Crippen LogP contribution >= 0.6 is 0 Å². The highest BCUT2D eigenvalue weighted by molar-refractivity contribution is 6.12. The molecule has 1 aliphatic heterocycles. The van der Waals surface area contributed by atoms with Crippen LogP contribution in [0.25, 0.3) is 72.9 Å². The quantitative estimate of drug-likeness (QED) is 0.204. The van der Waals surface area contributed by atoms with Crippen molar-refractivity contribution < 1.29 is 0 Å². The Morgan fingerprint density at radius 1 is 0.478 bits per heavy atom. The van der Waals surface area contributed by atoms with Crippen molar-refractivity contribution in [1.82, 2.24) is 24.5 Å². The van der Waals surface area contributed by atoms with Gasteiger partial charge in [-0.05, 0) is 28.8 Å². The van der Waals surface area contributed by atoms with E-state index in [1.165, 1.54) is 33.0 Å². The Morgan fingerprint density at radius 2 is 1.07 bits per heavy atom. The third kappa shape index (κ3) is 4.02. The third-order valence-electron chi connectivity index (χ3n) is 9.28. The van der Waals surface area contributed by atoms with Gasteiger partial charge in [0.05, 0.1) is 11.0 Å². The van der Waals surface area contributed by atoms with Crippen LogP contribution in [0, 0.1) is 0 Å². The van der Waals surface area contributed by atoms with E-state index in [0.717, 1.165) is 33.6 Å². The van der Waals surface area contributed by atoms with Crippen LogP contribution < -0.4 is 0 Å². The molecule has 5 aromatic carbocycles. The predicted octanol–water partition coefficient (Wildman–Crippen LogP) is 9.67. The maximum absolute atomic E-state index is 5.21. The Kier molecular flexibility index (Phi) is 5.78. The van der Waals surface area contributed by atoms with E-state index in [1.54, 1.807) is 0 Å². The van der Waals surface area contributed by atoms with E-state index < -0.39 is 0 Å². The van der Waals surface area contributed by atoms with Gasteiger partial charge >= 0.3 is 0 Å². The molecule has 3 aromatic heterocycles. The standard InChI is InChI=1S/C41H29N5/c1-41(2)33-20-12-19-32-31-22-21-29(26-13-6-3-7-14-26)24-35(31)46(36(32)33)40-34(41)23-30(25-42-40)39-44-37(27-15-8-4-9-16-27)43-38(45-39)28-17-10-5-11-18-28/h3-25H,1-2H3. The Balaban J connectivity index is 1.28. The Labute approximate surface area is 266 Å². The van der Waals surface area contributed by atoms with E-state index in [0.29, 0.717) is 17.5 Å². The number of hydrogen-bond donors (Lipinski definition) is 0. The molecule has 0 unspecified atom stereocenters. The lowest BCUT2D eigenvalue weighted by molar-refractivity contribution is 0.624. The molecule has 0 N–H and O–H groups in total. The molecule has 8 aromatic rings. The first kappa shape index (κ1) is 26.5. The van der Waals surface area contributed by atoms with Gasteiger partial charge in [0.1, 0.15) is 5.82 Å². The van der Waals surface area contributed by atoms with Gasteiger partial charge in [0, 0.05) is 44.6 Å². The summed E-state index contributed by atoms with van der Waals surface area (Å²) in [5, 5.41) is 2.47. The molecule has 5 nitrogen and oxygen atoms in total. The average molecular weight is 592 g/mol. The Hall–Kier alpha value is -5.94. The number of aromatic nitrogens is 5. The molecule has 1 aliphatic rings. The number of rotatable bonds is 4. The van der Waals surface area contributed by atoms with Gasteiger partial charge in [-0.25, -0.2) is 19.9 Å². The molecule has 0 aliphatic carbocycles. The molecule has 4 heterocycles. The summed E-state index contributed by atoms with van der Waals surface area (Å²) in [5.41, 5.74) is 9.61. The first-order chi connectivity index (χ1) is 22.6. The van der Waals surface area contributed by atoms with E-state index in [-0.39, 0.29) is 5.41 Å². The average Bonchev–Trinajstić information content (AvgIpc) is 3.45. The van der Waals surface area contributed by atoms with Crippen LogP contribution in [-0.2, 0) is 5.41 Å². The molecule has 46 heavy (non-hydrogen) atoms. The van der Waals surface area contributed by atoms with Crippen LogP contribution in [0.4, 0.5) is 0 Å². The van der Waals surface area contributed by atoms with Crippen LogP contribution in [0.2, 0.25) is 0 Å². The number of hydrogen-bond acceptors (Lipinski definition) is 4. The summed E-state index contributed by atoms with van der Waals surface area (Å²) in [6.07, 6.45) is 1.92. The lowest BCUT2D eigenvalue weighted by Gasteiger charge is -2.34. The first-order valence-corrected chi connectivity index (χ1v) is 15.6. The molecular formula is C41H29N5. The third-order valence-corrected chi connectivity index (χ3v) is 9.28. The monoisotopic (exact) mass is 591 g/mol. The minimum atomic E-state index is -0.304. The number of para-hydroxylation sites is 1. The van der Waals surface area contributed by atoms with E-state index in [2.05, 4.69) is 91.2 Å². The second-order valence-electron chi connectivity index (χ2n) is 12.4. The fourth-order valence-electron chi connectivity index (χ4n) is 6.90. The van der Waals surface area contributed by atoms with Crippen molar-refractivity contribution in [1.29, 1.82) is 0 Å². The molecule has 0 spiro atoms. The van der Waals surface area contributed by atoms with Gasteiger partial charge in [-0.3, -0.25) is 4.57 Å². The zero-order chi connectivity index (χ0) is 30.8. The van der Waals surface area contributed by atoms with Crippen molar-refractivity contribution in [3.63, 3.8) is 0 Å². The summed E-state index contributed by atoms with van der Waals surface area (Å²) < 4.78 is 2.36. The Morgan fingerprint density at radius 3 is 1.70 bits per heavy atom. The largest absolute Gasteiger partial charge is 0.293 e. The van der Waals surface area contributed by atoms with E-state index >= 15 is 0 Å². The van der Waals surface area contributed by atoms with Crippen molar-refractivity contribution in [2.24, 2.45) is 0 Å². The first-order valence-electron chi connectivity index (χ1n) is 15.6. The maximum Gasteiger partial charge on any atom is 0.165 e. The lowest BCUT2D eigenvalue weighted by Crippen LogP contribution is -2.27. The summed E-state index contributed by atoms with van der Waals surface area (Å²) in [6.45, 7) is 4.58.